The van der Waals surface area contributed by atoms with Crippen molar-refractivity contribution < 1.29 is 0 Å². The summed E-state index contributed by atoms with van der Waals surface area (Å²) in [7, 11) is 0. The summed E-state index contributed by atoms with van der Waals surface area (Å²) >= 11 is 0. The molecule has 3 unspecified atom stereocenters. The second-order valence-corrected chi connectivity index (χ2v) is 4.69. The first-order valence-electron chi connectivity index (χ1n) is 5.82. The van der Waals surface area contributed by atoms with E-state index in [9.17, 15) is 0 Å². The predicted octanol–water partition coefficient (Wildman–Crippen LogP) is 1.44. The number of aromatic nitrogens is 1. The van der Waals surface area contributed by atoms with Gasteiger partial charge < -0.3 is 0 Å². The topological polar surface area (TPSA) is 37.0 Å². The summed E-state index contributed by atoms with van der Waals surface area (Å²) in [4.78, 5) is 4.21. The summed E-state index contributed by atoms with van der Waals surface area (Å²) in [6, 6.07) is 4.92. The Morgan fingerprint density at radius 1 is 1.33 bits per heavy atom. The molecule has 0 aromatic carbocycles. The quantitative estimate of drug-likeness (QED) is 0.725. The summed E-state index contributed by atoms with van der Waals surface area (Å²) in [5.41, 5.74) is 8.07. The zero-order chi connectivity index (χ0) is 10.1. The Hall–Kier alpha value is -0.930. The van der Waals surface area contributed by atoms with Gasteiger partial charge in [-0.3, -0.25) is 15.8 Å². The smallest absolute Gasteiger partial charge is 0.0302 e. The van der Waals surface area contributed by atoms with Gasteiger partial charge in [-0.1, -0.05) is 6.07 Å². The number of hydrogen-bond donors (Lipinski definition) is 2. The van der Waals surface area contributed by atoms with Crippen LogP contribution in [0.4, 0.5) is 0 Å². The summed E-state index contributed by atoms with van der Waals surface area (Å²) in [5.74, 6) is 1.55. The third-order valence-corrected chi connectivity index (χ3v) is 3.80. The Bertz CT molecular complexity index is 325. The van der Waals surface area contributed by atoms with Crippen molar-refractivity contribution in [2.45, 2.75) is 31.2 Å². The molecule has 80 valence electrons. The molecule has 3 heteroatoms. The van der Waals surface area contributed by atoms with Gasteiger partial charge in [0, 0.05) is 25.0 Å². The van der Waals surface area contributed by atoms with Crippen LogP contribution in [0.25, 0.3) is 0 Å². The van der Waals surface area contributed by atoms with Crippen LogP contribution in [-0.4, -0.2) is 17.6 Å². The van der Waals surface area contributed by atoms with Crippen LogP contribution >= 0.6 is 0 Å². The molecule has 2 fully saturated rings. The molecule has 1 aromatic heterocycles. The molecule has 1 saturated carbocycles. The Kier molecular flexibility index (Phi) is 2.43. The lowest BCUT2D eigenvalue weighted by Gasteiger charge is -2.30. The van der Waals surface area contributed by atoms with Crippen molar-refractivity contribution in [3.05, 3.63) is 30.1 Å². The molecular formula is C12H17N3. The number of hydrazine groups is 1. The molecule has 1 aliphatic carbocycles. The molecule has 2 aliphatic rings. The van der Waals surface area contributed by atoms with E-state index in [0.29, 0.717) is 12.0 Å². The molecule has 0 bridgehead atoms. The number of nitrogens with one attached hydrogen (secondary N) is 2. The Balaban J connectivity index is 1.74. The molecule has 0 spiro atoms. The minimum Gasteiger partial charge on any atom is -0.264 e. The van der Waals surface area contributed by atoms with E-state index >= 15 is 0 Å². The van der Waals surface area contributed by atoms with Gasteiger partial charge in [0.2, 0.25) is 0 Å². The van der Waals surface area contributed by atoms with E-state index in [0.717, 1.165) is 12.5 Å². The Morgan fingerprint density at radius 2 is 2.33 bits per heavy atom. The lowest BCUT2D eigenvalue weighted by molar-refractivity contribution is 0.303. The molecule has 2 heterocycles. The number of hydrogen-bond acceptors (Lipinski definition) is 3. The minimum atomic E-state index is 0.670. The van der Waals surface area contributed by atoms with Crippen molar-refractivity contribution in [2.75, 3.05) is 6.54 Å². The first kappa shape index (κ1) is 9.31. The third-order valence-electron chi connectivity index (χ3n) is 3.80. The molecule has 0 radical (unpaired) electrons. The van der Waals surface area contributed by atoms with Crippen molar-refractivity contribution in [1.82, 2.24) is 15.8 Å². The maximum absolute atomic E-state index is 4.21. The average molecular weight is 203 g/mol. The molecule has 3 rings (SSSR count). The summed E-state index contributed by atoms with van der Waals surface area (Å²) in [6.45, 7) is 1.14. The highest BCUT2D eigenvalue weighted by molar-refractivity contribution is 5.16. The normalized spacial score (nSPS) is 35.1. The second-order valence-electron chi connectivity index (χ2n) is 4.69. The van der Waals surface area contributed by atoms with Crippen LogP contribution in [0.3, 0.4) is 0 Å². The van der Waals surface area contributed by atoms with Gasteiger partial charge in [0.1, 0.15) is 0 Å². The number of rotatable bonds is 1. The minimum absolute atomic E-state index is 0.670. The van der Waals surface area contributed by atoms with Crippen molar-refractivity contribution in [2.24, 2.45) is 5.92 Å². The number of fused-ring (bicyclic) bond motifs is 1. The number of pyridine rings is 1. The van der Waals surface area contributed by atoms with Crippen LogP contribution in [0.1, 0.15) is 30.7 Å². The summed E-state index contributed by atoms with van der Waals surface area (Å²) < 4.78 is 0. The molecule has 0 amide bonds. The SMILES string of the molecule is c1cncc(C2CCC3CNNC3C2)c1. The molecule has 1 aliphatic heterocycles. The van der Waals surface area contributed by atoms with E-state index < -0.39 is 0 Å². The maximum atomic E-state index is 4.21. The average Bonchev–Trinajstić information content (AvgIpc) is 2.77. The lowest BCUT2D eigenvalue weighted by atomic mass is 9.77. The first-order valence-corrected chi connectivity index (χ1v) is 5.82. The highest BCUT2D eigenvalue weighted by Crippen LogP contribution is 2.36. The Morgan fingerprint density at radius 3 is 3.20 bits per heavy atom. The second kappa shape index (κ2) is 3.91. The van der Waals surface area contributed by atoms with Gasteiger partial charge in [0.05, 0.1) is 0 Å². The van der Waals surface area contributed by atoms with Gasteiger partial charge in [-0.05, 0) is 42.7 Å². The van der Waals surface area contributed by atoms with Crippen molar-refractivity contribution in [1.29, 1.82) is 0 Å². The standard InChI is InChI=1S/C12H17N3/c1-2-10(7-13-5-1)9-3-4-11-8-14-15-12(11)6-9/h1-2,5,7,9,11-12,14-15H,3-4,6,8H2. The van der Waals surface area contributed by atoms with Crippen molar-refractivity contribution in [3.63, 3.8) is 0 Å². The molecule has 3 nitrogen and oxygen atoms in total. The maximum Gasteiger partial charge on any atom is 0.0302 e. The van der Waals surface area contributed by atoms with Gasteiger partial charge in [0.25, 0.3) is 0 Å². The van der Waals surface area contributed by atoms with E-state index in [-0.39, 0.29) is 0 Å². The molecule has 3 atom stereocenters. The first-order chi connectivity index (χ1) is 7.43. The van der Waals surface area contributed by atoms with Gasteiger partial charge in [-0.25, -0.2) is 0 Å². The highest BCUT2D eigenvalue weighted by Gasteiger charge is 2.34. The van der Waals surface area contributed by atoms with Crippen molar-refractivity contribution >= 4 is 0 Å². The van der Waals surface area contributed by atoms with Crippen LogP contribution in [0.2, 0.25) is 0 Å². The lowest BCUT2D eigenvalue weighted by Crippen LogP contribution is -2.35. The van der Waals surface area contributed by atoms with Gasteiger partial charge >= 0.3 is 0 Å². The van der Waals surface area contributed by atoms with Crippen molar-refractivity contribution in [3.8, 4) is 0 Å². The van der Waals surface area contributed by atoms with E-state index in [2.05, 4.69) is 21.9 Å². The molecule has 2 N–H and O–H groups in total. The summed E-state index contributed by atoms with van der Waals surface area (Å²) in [5, 5.41) is 0. The van der Waals surface area contributed by atoms with Crippen LogP contribution in [0.5, 0.6) is 0 Å². The monoisotopic (exact) mass is 203 g/mol. The van der Waals surface area contributed by atoms with Crippen LogP contribution in [0.15, 0.2) is 24.5 Å². The molecule has 1 saturated heterocycles. The van der Waals surface area contributed by atoms with E-state index in [1.807, 2.05) is 18.5 Å². The van der Waals surface area contributed by atoms with Gasteiger partial charge in [-0.15, -0.1) is 0 Å². The van der Waals surface area contributed by atoms with Crippen LogP contribution in [0, 0.1) is 5.92 Å². The van der Waals surface area contributed by atoms with E-state index in [4.69, 9.17) is 0 Å². The fourth-order valence-corrected chi connectivity index (χ4v) is 2.90. The fraction of sp³-hybridized carbons (Fsp3) is 0.583. The number of nitrogens with zero attached hydrogens (tertiary/aromatic N) is 1. The van der Waals surface area contributed by atoms with Gasteiger partial charge in [0.15, 0.2) is 0 Å². The van der Waals surface area contributed by atoms with Crippen LogP contribution in [-0.2, 0) is 0 Å². The zero-order valence-corrected chi connectivity index (χ0v) is 8.82. The zero-order valence-electron chi connectivity index (χ0n) is 8.82. The molecule has 1 aromatic rings. The summed E-state index contributed by atoms with van der Waals surface area (Å²) in [6.07, 6.45) is 7.78. The highest BCUT2D eigenvalue weighted by atomic mass is 15.4. The molecule has 15 heavy (non-hydrogen) atoms. The largest absolute Gasteiger partial charge is 0.264 e. The van der Waals surface area contributed by atoms with Crippen LogP contribution < -0.4 is 10.9 Å². The molecular weight excluding hydrogens is 186 g/mol. The van der Waals surface area contributed by atoms with E-state index in [1.54, 1.807) is 0 Å². The Labute approximate surface area is 90.3 Å². The predicted molar refractivity (Wildman–Crippen MR) is 59.2 cm³/mol. The fourth-order valence-electron chi connectivity index (χ4n) is 2.90. The van der Waals surface area contributed by atoms with E-state index in [1.165, 1.54) is 24.8 Å². The van der Waals surface area contributed by atoms with Gasteiger partial charge in [-0.2, -0.15) is 0 Å². The third kappa shape index (κ3) is 1.77.